The second kappa shape index (κ2) is 7.71. The zero-order valence-corrected chi connectivity index (χ0v) is 17.3. The van der Waals surface area contributed by atoms with Crippen molar-refractivity contribution in [1.29, 1.82) is 0 Å². The lowest BCUT2D eigenvalue weighted by Crippen LogP contribution is -1.98. The maximum atomic E-state index is 6.66. The van der Waals surface area contributed by atoms with Gasteiger partial charge in [-0.05, 0) is 17.7 Å². The lowest BCUT2D eigenvalue weighted by atomic mass is 10.0. The van der Waals surface area contributed by atoms with E-state index in [4.69, 9.17) is 9.52 Å². The Kier molecular flexibility index (Phi) is 4.43. The molecule has 0 saturated heterocycles. The number of aromatic nitrogens is 2. The molecule has 0 bridgehead atoms. The molecule has 0 amide bonds. The molecule has 0 aliphatic carbocycles. The maximum absolute atomic E-state index is 6.66. The SMILES string of the molecule is c1ccc(-c2cnn(-c3ccccc3)c2-c2oc(-c3ccccc3)c3ccccc23)cc1. The average Bonchev–Trinajstić information content (AvgIpc) is 3.48. The molecule has 0 atom stereocenters. The first-order chi connectivity index (χ1) is 15.9. The minimum Gasteiger partial charge on any atom is -0.453 e. The van der Waals surface area contributed by atoms with E-state index >= 15 is 0 Å². The van der Waals surface area contributed by atoms with Gasteiger partial charge in [-0.2, -0.15) is 5.10 Å². The molecule has 0 N–H and O–H groups in total. The van der Waals surface area contributed by atoms with Crippen molar-refractivity contribution in [1.82, 2.24) is 9.78 Å². The molecule has 3 heteroatoms. The molecule has 32 heavy (non-hydrogen) atoms. The summed E-state index contributed by atoms with van der Waals surface area (Å²) in [5.41, 5.74) is 5.13. The van der Waals surface area contributed by atoms with Gasteiger partial charge in [-0.15, -0.1) is 0 Å². The van der Waals surface area contributed by atoms with Crippen molar-refractivity contribution >= 4 is 10.8 Å². The van der Waals surface area contributed by atoms with Crippen molar-refractivity contribution in [3.05, 3.63) is 121 Å². The van der Waals surface area contributed by atoms with Crippen LogP contribution < -0.4 is 0 Å². The van der Waals surface area contributed by atoms with E-state index in [2.05, 4.69) is 72.8 Å². The van der Waals surface area contributed by atoms with Crippen molar-refractivity contribution in [3.63, 3.8) is 0 Å². The number of nitrogens with zero attached hydrogens (tertiary/aromatic N) is 2. The molecule has 2 heterocycles. The molecular weight excluding hydrogens is 392 g/mol. The Labute approximate surface area is 186 Å². The molecule has 6 aromatic rings. The van der Waals surface area contributed by atoms with Gasteiger partial charge in [-0.25, -0.2) is 4.68 Å². The van der Waals surface area contributed by atoms with Crippen LogP contribution in [-0.2, 0) is 0 Å². The Hall–Kier alpha value is -4.37. The van der Waals surface area contributed by atoms with Gasteiger partial charge in [-0.1, -0.05) is 103 Å². The van der Waals surface area contributed by atoms with Crippen LogP contribution in [0.2, 0.25) is 0 Å². The van der Waals surface area contributed by atoms with E-state index in [1.54, 1.807) is 0 Å². The minimum absolute atomic E-state index is 0.819. The molecule has 2 aromatic heterocycles. The van der Waals surface area contributed by atoms with Gasteiger partial charge in [0, 0.05) is 21.9 Å². The summed E-state index contributed by atoms with van der Waals surface area (Å²) in [6, 6.07) is 39.2. The number of para-hydroxylation sites is 1. The number of fused-ring (bicyclic) bond motifs is 1. The second-order valence-corrected chi connectivity index (χ2v) is 7.69. The molecule has 0 spiro atoms. The number of hydrogen-bond donors (Lipinski definition) is 0. The Bertz CT molecular complexity index is 1440. The topological polar surface area (TPSA) is 31.0 Å². The van der Waals surface area contributed by atoms with Gasteiger partial charge in [-0.3, -0.25) is 0 Å². The fourth-order valence-corrected chi connectivity index (χ4v) is 4.23. The molecule has 152 valence electrons. The summed E-state index contributed by atoms with van der Waals surface area (Å²) in [5, 5.41) is 6.95. The van der Waals surface area contributed by atoms with Crippen LogP contribution in [0.15, 0.2) is 126 Å². The highest BCUT2D eigenvalue weighted by atomic mass is 16.3. The molecule has 0 unspecified atom stereocenters. The molecule has 0 aliphatic rings. The van der Waals surface area contributed by atoms with Gasteiger partial charge in [0.15, 0.2) is 5.76 Å². The van der Waals surface area contributed by atoms with Crippen molar-refractivity contribution in [2.45, 2.75) is 0 Å². The van der Waals surface area contributed by atoms with E-state index in [0.29, 0.717) is 0 Å². The fraction of sp³-hybridized carbons (Fsp3) is 0. The lowest BCUT2D eigenvalue weighted by molar-refractivity contribution is 0.596. The van der Waals surface area contributed by atoms with Gasteiger partial charge < -0.3 is 4.42 Å². The predicted molar refractivity (Wildman–Crippen MR) is 130 cm³/mol. The van der Waals surface area contributed by atoms with E-state index < -0.39 is 0 Å². The predicted octanol–water partition coefficient (Wildman–Crippen LogP) is 7.62. The third-order valence-corrected chi connectivity index (χ3v) is 5.73. The normalized spacial score (nSPS) is 11.1. The largest absolute Gasteiger partial charge is 0.453 e. The Balaban J connectivity index is 1.68. The standard InChI is InChI=1S/C29H20N2O/c1-4-12-21(13-5-1)26-20-30-31(23-16-8-3-9-17-23)27(26)29-25-19-11-10-18-24(25)28(32-29)22-14-6-2-7-15-22/h1-20H. The summed E-state index contributed by atoms with van der Waals surface area (Å²) in [4.78, 5) is 0. The van der Waals surface area contributed by atoms with Gasteiger partial charge in [0.25, 0.3) is 0 Å². The number of rotatable bonds is 4. The Morgan fingerprint density at radius 3 is 1.72 bits per heavy atom. The van der Waals surface area contributed by atoms with Gasteiger partial charge in [0.2, 0.25) is 0 Å². The Morgan fingerprint density at radius 1 is 0.531 bits per heavy atom. The van der Waals surface area contributed by atoms with Crippen LogP contribution in [0.4, 0.5) is 0 Å². The highest BCUT2D eigenvalue weighted by molar-refractivity contribution is 6.04. The van der Waals surface area contributed by atoms with Crippen LogP contribution >= 0.6 is 0 Å². The first-order valence-electron chi connectivity index (χ1n) is 10.7. The number of benzene rings is 4. The minimum atomic E-state index is 0.819. The third kappa shape index (κ3) is 3.03. The van der Waals surface area contributed by atoms with E-state index in [9.17, 15) is 0 Å². The Morgan fingerprint density at radius 2 is 1.06 bits per heavy atom. The molecule has 0 radical (unpaired) electrons. The third-order valence-electron chi connectivity index (χ3n) is 5.73. The fourth-order valence-electron chi connectivity index (χ4n) is 4.23. The van der Waals surface area contributed by atoms with Crippen LogP contribution in [0, 0.1) is 0 Å². The highest BCUT2D eigenvalue weighted by Gasteiger charge is 2.23. The van der Waals surface area contributed by atoms with E-state index in [0.717, 1.165) is 50.4 Å². The summed E-state index contributed by atoms with van der Waals surface area (Å²) in [6.45, 7) is 0. The van der Waals surface area contributed by atoms with Gasteiger partial charge >= 0.3 is 0 Å². The van der Waals surface area contributed by atoms with E-state index in [-0.39, 0.29) is 0 Å². The van der Waals surface area contributed by atoms with Crippen LogP contribution in [0.25, 0.3) is 50.4 Å². The molecule has 4 aromatic carbocycles. The molecule has 0 saturated carbocycles. The second-order valence-electron chi connectivity index (χ2n) is 7.69. The summed E-state index contributed by atoms with van der Waals surface area (Å²) in [6.07, 6.45) is 1.93. The monoisotopic (exact) mass is 412 g/mol. The molecule has 6 rings (SSSR count). The maximum Gasteiger partial charge on any atom is 0.161 e. The number of furan rings is 1. The van der Waals surface area contributed by atoms with Crippen molar-refractivity contribution < 1.29 is 4.42 Å². The zero-order valence-electron chi connectivity index (χ0n) is 17.3. The smallest absolute Gasteiger partial charge is 0.161 e. The molecular formula is C29H20N2O. The van der Waals surface area contributed by atoms with Crippen molar-refractivity contribution in [2.75, 3.05) is 0 Å². The van der Waals surface area contributed by atoms with Crippen LogP contribution in [0.1, 0.15) is 0 Å². The zero-order chi connectivity index (χ0) is 21.3. The number of hydrogen-bond acceptors (Lipinski definition) is 2. The summed E-state index contributed by atoms with van der Waals surface area (Å²) in [7, 11) is 0. The van der Waals surface area contributed by atoms with Gasteiger partial charge in [0.05, 0.1) is 11.9 Å². The quantitative estimate of drug-likeness (QED) is 0.298. The van der Waals surface area contributed by atoms with Crippen LogP contribution in [-0.4, -0.2) is 9.78 Å². The van der Waals surface area contributed by atoms with Gasteiger partial charge in [0.1, 0.15) is 11.5 Å². The molecule has 3 nitrogen and oxygen atoms in total. The average molecular weight is 412 g/mol. The summed E-state index contributed by atoms with van der Waals surface area (Å²) < 4.78 is 8.63. The lowest BCUT2D eigenvalue weighted by Gasteiger charge is -2.09. The highest BCUT2D eigenvalue weighted by Crippen LogP contribution is 2.43. The summed E-state index contributed by atoms with van der Waals surface area (Å²) >= 11 is 0. The van der Waals surface area contributed by atoms with Crippen LogP contribution in [0.5, 0.6) is 0 Å². The van der Waals surface area contributed by atoms with E-state index in [1.807, 2.05) is 53.3 Å². The van der Waals surface area contributed by atoms with Crippen LogP contribution in [0.3, 0.4) is 0 Å². The van der Waals surface area contributed by atoms with Crippen molar-refractivity contribution in [3.8, 4) is 39.6 Å². The molecule has 0 fully saturated rings. The molecule has 0 aliphatic heterocycles. The first-order valence-corrected chi connectivity index (χ1v) is 10.7. The summed E-state index contributed by atoms with van der Waals surface area (Å²) in [5.74, 6) is 1.69. The van der Waals surface area contributed by atoms with Crippen molar-refractivity contribution in [2.24, 2.45) is 0 Å². The van der Waals surface area contributed by atoms with E-state index in [1.165, 1.54) is 0 Å². The first kappa shape index (κ1) is 18.4.